The maximum atomic E-state index is 13.4. The number of sulfonamides is 1. The van der Waals surface area contributed by atoms with Crippen LogP contribution in [0.4, 0.5) is 11.4 Å². The lowest BCUT2D eigenvalue weighted by atomic mass is 10.1. The first-order valence-corrected chi connectivity index (χ1v) is 11.9. The van der Waals surface area contributed by atoms with Gasteiger partial charge in [-0.3, -0.25) is 4.72 Å². The zero-order valence-corrected chi connectivity index (χ0v) is 18.4. The Labute approximate surface area is 186 Å². The van der Waals surface area contributed by atoms with Crippen molar-refractivity contribution in [3.63, 3.8) is 0 Å². The van der Waals surface area contributed by atoms with Gasteiger partial charge in [-0.1, -0.05) is 13.0 Å². The Morgan fingerprint density at radius 1 is 1.16 bits per heavy atom. The van der Waals surface area contributed by atoms with Gasteiger partial charge in [-0.05, 0) is 61.6 Å². The molecule has 168 valence electrons. The molecule has 0 aliphatic carbocycles. The molecule has 2 N–H and O–H groups in total. The van der Waals surface area contributed by atoms with Gasteiger partial charge in [-0.25, -0.2) is 13.2 Å². The molecule has 10 heteroatoms. The summed E-state index contributed by atoms with van der Waals surface area (Å²) in [6, 6.07) is 9.48. The predicted molar refractivity (Wildman–Crippen MR) is 119 cm³/mol. The van der Waals surface area contributed by atoms with Crippen LogP contribution in [0.5, 0.6) is 0 Å². The molecule has 2 aromatic carbocycles. The molecular weight excluding hydrogens is 432 g/mol. The van der Waals surface area contributed by atoms with E-state index in [0.717, 1.165) is 38.0 Å². The number of carbonyl (C=O) groups is 1. The van der Waals surface area contributed by atoms with Crippen LogP contribution in [0.3, 0.4) is 0 Å². The van der Waals surface area contributed by atoms with E-state index in [-0.39, 0.29) is 16.3 Å². The van der Waals surface area contributed by atoms with E-state index in [2.05, 4.69) is 19.8 Å². The summed E-state index contributed by atoms with van der Waals surface area (Å²) < 4.78 is 34.8. The Morgan fingerprint density at radius 2 is 1.94 bits per heavy atom. The molecule has 1 aliphatic heterocycles. The first kappa shape index (κ1) is 21.8. The molecule has 0 amide bonds. The van der Waals surface area contributed by atoms with Crippen molar-refractivity contribution in [2.45, 2.75) is 37.5 Å². The van der Waals surface area contributed by atoms with Gasteiger partial charge >= 0.3 is 5.97 Å². The molecular formula is C22H24N4O5S. The number of aromatic carboxylic acids is 1. The zero-order chi connectivity index (χ0) is 22.7. The molecule has 0 radical (unpaired) electrons. The molecule has 1 aromatic heterocycles. The van der Waals surface area contributed by atoms with Gasteiger partial charge in [-0.15, -0.1) is 10.2 Å². The number of nitrogens with zero attached hydrogens (tertiary/aromatic N) is 3. The Balaban J connectivity index is 1.78. The number of benzene rings is 2. The van der Waals surface area contributed by atoms with Crippen molar-refractivity contribution in [1.29, 1.82) is 0 Å². The van der Waals surface area contributed by atoms with E-state index in [4.69, 9.17) is 4.42 Å². The first-order chi connectivity index (χ1) is 15.4. The van der Waals surface area contributed by atoms with Gasteiger partial charge in [0, 0.05) is 18.7 Å². The van der Waals surface area contributed by atoms with Crippen LogP contribution in [0.2, 0.25) is 0 Å². The van der Waals surface area contributed by atoms with Gasteiger partial charge in [0.25, 0.3) is 10.0 Å². The van der Waals surface area contributed by atoms with Crippen molar-refractivity contribution in [1.82, 2.24) is 10.2 Å². The number of carboxylic acids is 1. The number of anilines is 2. The monoisotopic (exact) mass is 456 g/mol. The van der Waals surface area contributed by atoms with Crippen LogP contribution >= 0.6 is 0 Å². The molecule has 9 nitrogen and oxygen atoms in total. The molecule has 1 fully saturated rings. The topological polar surface area (TPSA) is 126 Å². The van der Waals surface area contributed by atoms with Crippen molar-refractivity contribution in [3.05, 3.63) is 53.9 Å². The zero-order valence-electron chi connectivity index (χ0n) is 17.6. The molecule has 1 saturated heterocycles. The SMILES string of the molecule is CCc1ccc(C(=O)O)cc1S(=O)(=O)Nc1cc(-c2nnco2)ccc1N1CCCCC1. The first-order valence-electron chi connectivity index (χ1n) is 10.4. The highest BCUT2D eigenvalue weighted by atomic mass is 32.2. The van der Waals surface area contributed by atoms with E-state index in [1.807, 2.05) is 19.1 Å². The molecule has 3 aromatic rings. The summed E-state index contributed by atoms with van der Waals surface area (Å²) in [6.45, 7) is 3.47. The highest BCUT2D eigenvalue weighted by Gasteiger charge is 2.24. The Hall–Kier alpha value is -3.40. The summed E-state index contributed by atoms with van der Waals surface area (Å²) in [7, 11) is -4.07. The maximum absolute atomic E-state index is 13.4. The summed E-state index contributed by atoms with van der Waals surface area (Å²) >= 11 is 0. The summed E-state index contributed by atoms with van der Waals surface area (Å²) in [5, 5.41) is 16.9. The lowest BCUT2D eigenvalue weighted by Crippen LogP contribution is -2.30. The third-order valence-electron chi connectivity index (χ3n) is 5.53. The number of carboxylic acid groups (broad SMARTS) is 1. The number of rotatable bonds is 7. The van der Waals surface area contributed by atoms with Gasteiger partial charge in [0.2, 0.25) is 12.3 Å². The highest BCUT2D eigenvalue weighted by Crippen LogP contribution is 2.34. The Morgan fingerprint density at radius 3 is 2.59 bits per heavy atom. The summed E-state index contributed by atoms with van der Waals surface area (Å²) in [4.78, 5) is 13.5. The van der Waals surface area contributed by atoms with E-state index in [1.165, 1.54) is 18.5 Å². The van der Waals surface area contributed by atoms with E-state index in [0.29, 0.717) is 23.2 Å². The fraction of sp³-hybridized carbons (Fsp3) is 0.318. The lowest BCUT2D eigenvalue weighted by molar-refractivity contribution is 0.0696. The predicted octanol–water partition coefficient (Wildman–Crippen LogP) is 3.79. The summed E-state index contributed by atoms with van der Waals surface area (Å²) in [6.07, 6.45) is 4.84. The second-order valence-corrected chi connectivity index (χ2v) is 9.26. The van der Waals surface area contributed by atoms with Gasteiger partial charge in [-0.2, -0.15) is 0 Å². The number of piperidine rings is 1. The minimum absolute atomic E-state index is 0.0484. The van der Waals surface area contributed by atoms with Crippen molar-refractivity contribution in [2.75, 3.05) is 22.7 Å². The molecule has 0 unspecified atom stereocenters. The van der Waals surface area contributed by atoms with Crippen LogP contribution in [0.25, 0.3) is 11.5 Å². The number of hydrogen-bond donors (Lipinski definition) is 2. The molecule has 0 spiro atoms. The number of aromatic nitrogens is 2. The minimum atomic E-state index is -4.07. The fourth-order valence-corrected chi connectivity index (χ4v) is 5.29. The van der Waals surface area contributed by atoms with Crippen molar-refractivity contribution in [2.24, 2.45) is 0 Å². The molecule has 1 aliphatic rings. The van der Waals surface area contributed by atoms with Gasteiger partial charge in [0.15, 0.2) is 0 Å². The van der Waals surface area contributed by atoms with Gasteiger partial charge < -0.3 is 14.4 Å². The number of aryl methyl sites for hydroxylation is 1. The molecule has 0 atom stereocenters. The largest absolute Gasteiger partial charge is 0.478 e. The maximum Gasteiger partial charge on any atom is 0.335 e. The van der Waals surface area contributed by atoms with Crippen molar-refractivity contribution in [3.8, 4) is 11.5 Å². The smallest absolute Gasteiger partial charge is 0.335 e. The van der Waals surface area contributed by atoms with E-state index >= 15 is 0 Å². The average Bonchev–Trinajstić information content (AvgIpc) is 3.34. The second-order valence-electron chi connectivity index (χ2n) is 7.61. The molecule has 4 rings (SSSR count). The number of nitrogens with one attached hydrogen (secondary N) is 1. The van der Waals surface area contributed by atoms with Gasteiger partial charge in [0.1, 0.15) is 0 Å². The van der Waals surface area contributed by atoms with Crippen LogP contribution in [0.1, 0.15) is 42.1 Å². The summed E-state index contributed by atoms with van der Waals surface area (Å²) in [5.41, 5.74) is 2.17. The average molecular weight is 457 g/mol. The van der Waals surface area contributed by atoms with Crippen LogP contribution in [0.15, 0.2) is 52.1 Å². The normalized spacial score (nSPS) is 14.3. The Kier molecular flexibility index (Phi) is 6.13. The number of hydrogen-bond acceptors (Lipinski definition) is 7. The van der Waals surface area contributed by atoms with Crippen LogP contribution in [-0.4, -0.2) is 42.8 Å². The quantitative estimate of drug-likeness (QED) is 0.550. The third kappa shape index (κ3) is 4.45. The standard InChI is InChI=1S/C22H24N4O5S/c1-2-15-6-7-17(22(27)28)13-20(15)32(29,30)25-18-12-16(21-24-23-14-31-21)8-9-19(18)26-10-4-3-5-11-26/h6-9,12-14,25H,2-5,10-11H2,1H3,(H,27,28). The van der Waals surface area contributed by atoms with Crippen molar-refractivity contribution < 1.29 is 22.7 Å². The van der Waals surface area contributed by atoms with Crippen LogP contribution in [-0.2, 0) is 16.4 Å². The minimum Gasteiger partial charge on any atom is -0.478 e. The molecule has 0 saturated carbocycles. The lowest BCUT2D eigenvalue weighted by Gasteiger charge is -2.31. The molecule has 2 heterocycles. The Bertz CT molecular complexity index is 1220. The molecule has 0 bridgehead atoms. The third-order valence-corrected chi connectivity index (χ3v) is 6.98. The van der Waals surface area contributed by atoms with E-state index < -0.39 is 16.0 Å². The van der Waals surface area contributed by atoms with E-state index in [9.17, 15) is 18.3 Å². The van der Waals surface area contributed by atoms with Crippen molar-refractivity contribution >= 4 is 27.4 Å². The van der Waals surface area contributed by atoms with E-state index in [1.54, 1.807) is 12.1 Å². The highest BCUT2D eigenvalue weighted by molar-refractivity contribution is 7.92. The second kappa shape index (κ2) is 8.99. The van der Waals surface area contributed by atoms with Gasteiger partial charge in [0.05, 0.1) is 21.8 Å². The summed E-state index contributed by atoms with van der Waals surface area (Å²) in [5.74, 6) is -0.908. The fourth-order valence-electron chi connectivity index (χ4n) is 3.89. The molecule has 32 heavy (non-hydrogen) atoms. The van der Waals surface area contributed by atoms with Crippen LogP contribution < -0.4 is 9.62 Å². The van der Waals surface area contributed by atoms with Crippen LogP contribution in [0, 0.1) is 0 Å².